The van der Waals surface area contributed by atoms with Crippen LogP contribution in [0.4, 0.5) is 0 Å². The molecule has 0 aliphatic carbocycles. The van der Waals surface area contributed by atoms with Gasteiger partial charge in [0.05, 0.1) is 11.2 Å². The van der Waals surface area contributed by atoms with Crippen LogP contribution in [0.1, 0.15) is 35.1 Å². The lowest BCUT2D eigenvalue weighted by molar-refractivity contribution is 0.00578. The van der Waals surface area contributed by atoms with Gasteiger partial charge in [0.1, 0.15) is 22.3 Å². The lowest BCUT2D eigenvalue weighted by atomic mass is 9.76. The van der Waals surface area contributed by atoms with E-state index < -0.39 is 7.12 Å². The van der Waals surface area contributed by atoms with Gasteiger partial charge in [0.2, 0.25) is 0 Å². The molecule has 4 nitrogen and oxygen atoms in total. The van der Waals surface area contributed by atoms with E-state index in [1.165, 1.54) is 80.9 Å². The number of furan rings is 2. The summed E-state index contributed by atoms with van der Waals surface area (Å²) in [5.74, 6) is 0. The van der Waals surface area contributed by atoms with E-state index in [2.05, 4.69) is 304 Å². The highest BCUT2D eigenvalue weighted by molar-refractivity contribution is 9.10. The summed E-state index contributed by atoms with van der Waals surface area (Å²) in [6.45, 7) is 8.31. The highest BCUT2D eigenvalue weighted by Crippen LogP contribution is 2.49. The third kappa shape index (κ3) is 9.99. The highest BCUT2D eigenvalue weighted by atomic mass is 79.9. The van der Waals surface area contributed by atoms with Crippen molar-refractivity contribution in [3.05, 3.63) is 296 Å². The van der Waals surface area contributed by atoms with Gasteiger partial charge in [0, 0.05) is 37.1 Å². The maximum absolute atomic E-state index is 6.62. The zero-order valence-electron chi connectivity index (χ0n) is 49.3. The summed E-state index contributed by atoms with van der Waals surface area (Å²) in [6, 6.07) is 102. The van der Waals surface area contributed by atoms with Crippen molar-refractivity contribution in [2.24, 2.45) is 0 Å². The summed E-state index contributed by atoms with van der Waals surface area (Å²) in [6.07, 6.45) is 0. The Hall–Kier alpha value is -9.82. The number of hydrogen-bond donors (Lipinski definition) is 0. The van der Waals surface area contributed by atoms with Crippen LogP contribution in [0.25, 0.3) is 143 Å². The molecule has 0 amide bonds. The number of benzene rings is 14. The molecule has 0 spiro atoms. The SMILES string of the molecule is Brc1c2ccccc2c(-c2ccccc2)c2ccccc12.C.CC1(C)OB(c2cccc3oc4c(-c5ccccc5)cccc4c23)OC1(C)C.c1ccc(-c2c3ccccc3c(-c3cccc4oc5c(-c6ccccc6)cccc5c34)c3ccccc23)cc1. The minimum Gasteiger partial charge on any atom is -0.455 e. The molecule has 0 unspecified atom stereocenters. The second kappa shape index (κ2) is 23.4. The van der Waals surface area contributed by atoms with Crippen LogP contribution in [-0.4, -0.2) is 18.3 Å². The molecular formula is C83H64BBrO4. The molecule has 3 heterocycles. The number of halogens is 1. The fourth-order valence-corrected chi connectivity index (χ4v) is 13.8. The predicted octanol–water partition coefficient (Wildman–Crippen LogP) is 23.5. The topological polar surface area (TPSA) is 44.7 Å². The quantitative estimate of drug-likeness (QED) is 0.123. The van der Waals surface area contributed by atoms with Crippen molar-refractivity contribution in [3.8, 4) is 55.6 Å². The molecule has 6 heteroatoms. The Morgan fingerprint density at radius 2 is 0.584 bits per heavy atom. The molecular weight excluding hydrogens is 1150 g/mol. The lowest BCUT2D eigenvalue weighted by Gasteiger charge is -2.32. The van der Waals surface area contributed by atoms with E-state index in [1.54, 1.807) is 0 Å². The van der Waals surface area contributed by atoms with Gasteiger partial charge in [-0.3, -0.25) is 0 Å². The van der Waals surface area contributed by atoms with E-state index in [9.17, 15) is 0 Å². The van der Waals surface area contributed by atoms with Crippen molar-refractivity contribution in [2.75, 3.05) is 0 Å². The molecule has 89 heavy (non-hydrogen) atoms. The van der Waals surface area contributed by atoms with E-state index >= 15 is 0 Å². The standard InChI is InChI=1S/C38H24O.C24H23BO3.C20H13Br.CH4/c1-3-13-25(14-4-1)27-21-11-23-33-37-32(22-12-24-34(37)39-38(27)33)36-30-19-9-7-17-28(30)35(26-15-5-2-6-16-26)29-18-8-10-20-31(29)36;1-23(2)24(3,4)28-25(27-23)19-14-9-15-20-21(19)18-13-8-12-17(22(18)26-20)16-10-6-5-7-11-16;21-20-17-12-6-4-10-15(17)19(14-8-2-1-3-9-14)16-11-5-7-13-18(16)20;/h1-24H;5-15H,1-4H3;1-13H;1H4. The molecule has 0 bridgehead atoms. The molecule has 1 fully saturated rings. The van der Waals surface area contributed by atoms with Crippen LogP contribution >= 0.6 is 15.9 Å². The summed E-state index contributed by atoms with van der Waals surface area (Å²) >= 11 is 3.79. The molecule has 430 valence electrons. The fraction of sp³-hybridized carbons (Fsp3) is 0.0843. The summed E-state index contributed by atoms with van der Waals surface area (Å²) in [7, 11) is -0.421. The van der Waals surface area contributed by atoms with Crippen LogP contribution in [0.3, 0.4) is 0 Å². The molecule has 0 atom stereocenters. The third-order valence-electron chi connectivity index (χ3n) is 17.9. The largest absolute Gasteiger partial charge is 0.495 e. The van der Waals surface area contributed by atoms with Gasteiger partial charge in [-0.15, -0.1) is 0 Å². The monoisotopic (exact) mass is 1210 g/mol. The van der Waals surface area contributed by atoms with Gasteiger partial charge in [0.15, 0.2) is 0 Å². The zero-order valence-corrected chi connectivity index (χ0v) is 50.9. The van der Waals surface area contributed by atoms with Crippen molar-refractivity contribution in [2.45, 2.75) is 46.3 Å². The van der Waals surface area contributed by atoms with Crippen molar-refractivity contribution >= 4 is 115 Å². The van der Waals surface area contributed by atoms with Crippen LogP contribution in [0, 0.1) is 0 Å². The smallest absolute Gasteiger partial charge is 0.455 e. The third-order valence-corrected chi connectivity index (χ3v) is 18.8. The maximum Gasteiger partial charge on any atom is 0.495 e. The number of para-hydroxylation sites is 2. The first-order chi connectivity index (χ1) is 43.1. The first-order valence-electron chi connectivity index (χ1n) is 30.1. The molecule has 1 aliphatic rings. The molecule has 0 N–H and O–H groups in total. The van der Waals surface area contributed by atoms with Crippen molar-refractivity contribution in [3.63, 3.8) is 0 Å². The molecule has 0 radical (unpaired) electrons. The van der Waals surface area contributed by atoms with Crippen molar-refractivity contribution < 1.29 is 18.1 Å². The van der Waals surface area contributed by atoms with Crippen LogP contribution in [0.15, 0.2) is 304 Å². The summed E-state index contributed by atoms with van der Waals surface area (Å²) in [5, 5.41) is 14.5. The van der Waals surface area contributed by atoms with Crippen LogP contribution in [0.2, 0.25) is 0 Å². The molecule has 1 aliphatic heterocycles. The Morgan fingerprint density at radius 1 is 0.281 bits per heavy atom. The van der Waals surface area contributed by atoms with E-state index in [0.717, 1.165) is 71.6 Å². The Bertz CT molecular complexity index is 5150. The zero-order chi connectivity index (χ0) is 59.5. The normalized spacial score (nSPS) is 13.4. The van der Waals surface area contributed by atoms with Gasteiger partial charge in [-0.1, -0.05) is 286 Å². The first kappa shape index (κ1) is 57.0. The van der Waals surface area contributed by atoms with Gasteiger partial charge in [0.25, 0.3) is 0 Å². The second-order valence-electron chi connectivity index (χ2n) is 23.6. The van der Waals surface area contributed by atoms with Gasteiger partial charge < -0.3 is 18.1 Å². The number of fused-ring (bicyclic) bond motifs is 10. The average molecular weight is 1220 g/mol. The summed E-state index contributed by atoms with van der Waals surface area (Å²) in [4.78, 5) is 0. The Balaban J connectivity index is 0.000000122. The number of rotatable bonds is 6. The molecule has 0 saturated carbocycles. The van der Waals surface area contributed by atoms with Crippen LogP contribution in [-0.2, 0) is 9.31 Å². The summed E-state index contributed by atoms with van der Waals surface area (Å²) in [5.41, 5.74) is 15.9. The molecule has 14 aromatic carbocycles. The minimum absolute atomic E-state index is 0. The van der Waals surface area contributed by atoms with E-state index in [-0.39, 0.29) is 18.6 Å². The maximum atomic E-state index is 6.62. The Kier molecular flexibility index (Phi) is 15.0. The first-order valence-corrected chi connectivity index (χ1v) is 30.9. The molecule has 1 saturated heterocycles. The molecule has 17 rings (SSSR count). The number of hydrogen-bond acceptors (Lipinski definition) is 4. The second-order valence-corrected chi connectivity index (χ2v) is 24.4. The highest BCUT2D eigenvalue weighted by Gasteiger charge is 2.52. The fourth-order valence-electron chi connectivity index (χ4n) is 13.1. The lowest BCUT2D eigenvalue weighted by Crippen LogP contribution is -2.41. The van der Waals surface area contributed by atoms with E-state index in [4.69, 9.17) is 18.1 Å². The predicted molar refractivity (Wildman–Crippen MR) is 381 cm³/mol. The van der Waals surface area contributed by atoms with Gasteiger partial charge in [-0.05, 0) is 149 Å². The molecule has 2 aromatic heterocycles. The van der Waals surface area contributed by atoms with Gasteiger partial charge in [-0.2, -0.15) is 0 Å². The van der Waals surface area contributed by atoms with Gasteiger partial charge in [-0.25, -0.2) is 0 Å². The summed E-state index contributed by atoms with van der Waals surface area (Å²) < 4.78 is 26.8. The van der Waals surface area contributed by atoms with E-state index in [1.807, 2.05) is 30.3 Å². The van der Waals surface area contributed by atoms with Crippen LogP contribution < -0.4 is 5.46 Å². The Labute approximate surface area is 527 Å². The van der Waals surface area contributed by atoms with Crippen molar-refractivity contribution in [1.82, 2.24) is 0 Å². The van der Waals surface area contributed by atoms with Crippen LogP contribution in [0.5, 0.6) is 0 Å². The Morgan fingerprint density at radius 3 is 1.01 bits per heavy atom. The van der Waals surface area contributed by atoms with Gasteiger partial charge >= 0.3 is 7.12 Å². The minimum atomic E-state index is -0.421. The van der Waals surface area contributed by atoms with E-state index in [0.29, 0.717) is 0 Å². The van der Waals surface area contributed by atoms with Crippen molar-refractivity contribution in [1.29, 1.82) is 0 Å². The molecule has 16 aromatic rings. The average Bonchev–Trinajstić information content (AvgIpc) is 1.95.